The van der Waals surface area contributed by atoms with E-state index in [9.17, 15) is 4.79 Å². The summed E-state index contributed by atoms with van der Waals surface area (Å²) in [4.78, 5) is 15.5. The quantitative estimate of drug-likeness (QED) is 0.328. The Bertz CT molecular complexity index is 281. The molecular weight excluding hydrogens is 220 g/mol. The first-order valence-corrected chi connectivity index (χ1v) is 5.90. The van der Waals surface area contributed by atoms with E-state index in [0.717, 1.165) is 0 Å². The molecule has 6 heteroatoms. The van der Waals surface area contributed by atoms with E-state index < -0.39 is 0 Å². The van der Waals surface area contributed by atoms with Gasteiger partial charge in [-0.25, -0.2) is 0 Å². The van der Waals surface area contributed by atoms with E-state index in [0.29, 0.717) is 31.1 Å². The molecule has 0 bridgehead atoms. The topological polar surface area (TPSA) is 74.8 Å². The minimum absolute atomic E-state index is 0.0613. The number of carbonyl (C=O) groups is 1. The third kappa shape index (κ3) is 5.53. The molecule has 1 rings (SSSR count). The summed E-state index contributed by atoms with van der Waals surface area (Å²) in [6.07, 6.45) is 1.17. The maximum Gasteiger partial charge on any atom is 0.239 e. The van der Waals surface area contributed by atoms with Crippen molar-refractivity contribution in [2.45, 2.75) is 19.4 Å². The van der Waals surface area contributed by atoms with E-state index >= 15 is 0 Å². The van der Waals surface area contributed by atoms with E-state index in [4.69, 9.17) is 4.74 Å². The third-order valence-corrected chi connectivity index (χ3v) is 2.70. The number of nitrogens with one attached hydrogen (secondary N) is 3. The highest BCUT2D eigenvalue weighted by atomic mass is 16.5. The molecule has 0 aromatic carbocycles. The van der Waals surface area contributed by atoms with Crippen LogP contribution in [0.2, 0.25) is 0 Å². The minimum atomic E-state index is -0.0613. The van der Waals surface area contributed by atoms with Crippen LogP contribution in [0.25, 0.3) is 0 Å². The molecule has 17 heavy (non-hydrogen) atoms. The fourth-order valence-electron chi connectivity index (χ4n) is 1.41. The smallest absolute Gasteiger partial charge is 0.239 e. The molecule has 0 heterocycles. The number of nitrogens with zero attached hydrogens (tertiary/aromatic N) is 1. The van der Waals surface area contributed by atoms with Gasteiger partial charge in [-0.3, -0.25) is 9.79 Å². The molecule has 0 aromatic rings. The molecule has 1 fully saturated rings. The Kier molecular flexibility index (Phi) is 5.76. The van der Waals surface area contributed by atoms with E-state index in [2.05, 4.69) is 27.9 Å². The van der Waals surface area contributed by atoms with Crippen LogP contribution in [0, 0.1) is 5.92 Å². The van der Waals surface area contributed by atoms with Crippen LogP contribution in [0.4, 0.5) is 0 Å². The van der Waals surface area contributed by atoms with Crippen LogP contribution in [0.15, 0.2) is 4.99 Å². The van der Waals surface area contributed by atoms with Gasteiger partial charge >= 0.3 is 0 Å². The van der Waals surface area contributed by atoms with Crippen molar-refractivity contribution in [3.8, 4) is 0 Å². The lowest BCUT2D eigenvalue weighted by atomic mass is 10.5. The number of rotatable bonds is 6. The first kappa shape index (κ1) is 13.8. The van der Waals surface area contributed by atoms with Crippen LogP contribution in [-0.2, 0) is 9.53 Å². The molecule has 0 spiro atoms. The van der Waals surface area contributed by atoms with Crippen LogP contribution in [0.1, 0.15) is 13.3 Å². The molecule has 0 radical (unpaired) electrons. The van der Waals surface area contributed by atoms with Crippen molar-refractivity contribution in [1.82, 2.24) is 16.0 Å². The van der Waals surface area contributed by atoms with Crippen molar-refractivity contribution >= 4 is 11.9 Å². The summed E-state index contributed by atoms with van der Waals surface area (Å²) in [7, 11) is 3.30. The molecule has 0 aromatic heterocycles. The standard InChI is InChI=1S/C11H22N4O2/c1-8-6-9(8)15-11(12-2)14-7-10(16)13-4-5-17-3/h8-9H,4-7H2,1-3H3,(H,13,16)(H2,12,14,15). The summed E-state index contributed by atoms with van der Waals surface area (Å²) in [5.74, 6) is 1.32. The second kappa shape index (κ2) is 7.11. The first-order valence-electron chi connectivity index (χ1n) is 5.90. The molecule has 1 amide bonds. The lowest BCUT2D eigenvalue weighted by Gasteiger charge is -2.11. The normalized spacial score (nSPS) is 23.1. The van der Waals surface area contributed by atoms with Gasteiger partial charge in [0.2, 0.25) is 5.91 Å². The molecule has 0 saturated heterocycles. The highest BCUT2D eigenvalue weighted by molar-refractivity contribution is 5.86. The zero-order valence-electron chi connectivity index (χ0n) is 10.7. The highest BCUT2D eigenvalue weighted by Crippen LogP contribution is 2.28. The summed E-state index contributed by atoms with van der Waals surface area (Å²) in [6, 6.07) is 0.498. The minimum Gasteiger partial charge on any atom is -0.383 e. The van der Waals surface area contributed by atoms with Crippen LogP contribution in [-0.4, -0.2) is 51.8 Å². The fourth-order valence-corrected chi connectivity index (χ4v) is 1.41. The zero-order valence-corrected chi connectivity index (χ0v) is 10.7. The monoisotopic (exact) mass is 242 g/mol. The van der Waals surface area contributed by atoms with Gasteiger partial charge in [0.15, 0.2) is 5.96 Å². The number of amides is 1. The van der Waals surface area contributed by atoms with Gasteiger partial charge in [0.25, 0.3) is 0 Å². The SMILES string of the molecule is CN=C(NCC(=O)NCCOC)NC1CC1C. The predicted octanol–water partition coefficient (Wildman–Crippen LogP) is -0.678. The molecule has 1 saturated carbocycles. The maximum absolute atomic E-state index is 11.4. The average molecular weight is 242 g/mol. The van der Waals surface area contributed by atoms with Crippen molar-refractivity contribution in [2.24, 2.45) is 10.9 Å². The van der Waals surface area contributed by atoms with Gasteiger partial charge in [-0.05, 0) is 12.3 Å². The summed E-state index contributed by atoms with van der Waals surface area (Å²) in [5, 5.41) is 8.95. The number of carbonyl (C=O) groups excluding carboxylic acids is 1. The van der Waals surface area contributed by atoms with Gasteiger partial charge in [0.1, 0.15) is 0 Å². The summed E-state index contributed by atoms with van der Waals surface area (Å²) < 4.78 is 4.84. The first-order chi connectivity index (χ1) is 8.17. The van der Waals surface area contributed by atoms with Gasteiger partial charge in [-0.15, -0.1) is 0 Å². The molecule has 98 valence electrons. The Morgan fingerprint density at radius 2 is 2.18 bits per heavy atom. The largest absolute Gasteiger partial charge is 0.383 e. The number of hydrogen-bond acceptors (Lipinski definition) is 3. The van der Waals surface area contributed by atoms with Crippen molar-refractivity contribution in [2.75, 3.05) is 33.9 Å². The lowest BCUT2D eigenvalue weighted by molar-refractivity contribution is -0.120. The zero-order chi connectivity index (χ0) is 12.7. The van der Waals surface area contributed by atoms with E-state index in [1.165, 1.54) is 6.42 Å². The molecule has 0 aliphatic heterocycles. The molecule has 3 N–H and O–H groups in total. The number of hydrogen-bond donors (Lipinski definition) is 3. The van der Waals surface area contributed by atoms with Crippen molar-refractivity contribution < 1.29 is 9.53 Å². The number of ether oxygens (including phenoxy) is 1. The summed E-state index contributed by atoms with van der Waals surface area (Å²) in [6.45, 7) is 3.47. The Balaban J connectivity index is 2.12. The molecule has 1 aliphatic carbocycles. The second-order valence-corrected chi connectivity index (χ2v) is 4.23. The third-order valence-electron chi connectivity index (χ3n) is 2.70. The van der Waals surface area contributed by atoms with Crippen molar-refractivity contribution in [3.05, 3.63) is 0 Å². The van der Waals surface area contributed by atoms with Crippen LogP contribution < -0.4 is 16.0 Å². The number of guanidine groups is 1. The molecule has 1 aliphatic rings. The molecule has 2 atom stereocenters. The van der Waals surface area contributed by atoms with Crippen molar-refractivity contribution in [3.63, 3.8) is 0 Å². The Hall–Kier alpha value is -1.30. The van der Waals surface area contributed by atoms with E-state index in [-0.39, 0.29) is 12.5 Å². The van der Waals surface area contributed by atoms with E-state index in [1.807, 2.05) is 0 Å². The Morgan fingerprint density at radius 1 is 1.47 bits per heavy atom. The highest BCUT2D eigenvalue weighted by Gasteiger charge is 2.33. The van der Waals surface area contributed by atoms with Crippen LogP contribution in [0.5, 0.6) is 0 Å². The van der Waals surface area contributed by atoms with Gasteiger partial charge in [0.05, 0.1) is 13.2 Å². The fraction of sp³-hybridized carbons (Fsp3) is 0.818. The maximum atomic E-state index is 11.4. The molecule has 6 nitrogen and oxygen atoms in total. The Labute approximate surface area is 102 Å². The van der Waals surface area contributed by atoms with Crippen LogP contribution >= 0.6 is 0 Å². The second-order valence-electron chi connectivity index (χ2n) is 4.23. The summed E-state index contributed by atoms with van der Waals surface area (Å²) >= 11 is 0. The lowest BCUT2D eigenvalue weighted by Crippen LogP contribution is -2.44. The number of methoxy groups -OCH3 is 1. The van der Waals surface area contributed by atoms with Gasteiger partial charge in [0, 0.05) is 26.7 Å². The van der Waals surface area contributed by atoms with Crippen molar-refractivity contribution in [1.29, 1.82) is 0 Å². The predicted molar refractivity (Wildman–Crippen MR) is 67.0 cm³/mol. The average Bonchev–Trinajstić information content (AvgIpc) is 3.00. The van der Waals surface area contributed by atoms with Gasteiger partial charge < -0.3 is 20.7 Å². The number of aliphatic imine (C=N–C) groups is 1. The summed E-state index contributed by atoms with van der Waals surface area (Å²) in [5.41, 5.74) is 0. The van der Waals surface area contributed by atoms with Crippen LogP contribution in [0.3, 0.4) is 0 Å². The van der Waals surface area contributed by atoms with Gasteiger partial charge in [-0.2, -0.15) is 0 Å². The van der Waals surface area contributed by atoms with E-state index in [1.54, 1.807) is 14.2 Å². The Morgan fingerprint density at radius 3 is 2.71 bits per heavy atom. The molecular formula is C11H22N4O2. The molecule has 2 unspecified atom stereocenters. The van der Waals surface area contributed by atoms with Gasteiger partial charge in [-0.1, -0.05) is 6.92 Å².